The van der Waals surface area contributed by atoms with Gasteiger partial charge in [0.25, 0.3) is 0 Å². The van der Waals surface area contributed by atoms with E-state index in [1.165, 1.54) is 64.3 Å². The summed E-state index contributed by atoms with van der Waals surface area (Å²) < 4.78 is 2.73. The molecule has 2 atom stereocenters. The maximum atomic E-state index is 2.42. The van der Waals surface area contributed by atoms with Crippen molar-refractivity contribution in [1.82, 2.24) is 0 Å². The lowest BCUT2D eigenvalue weighted by Gasteiger charge is -2.37. The van der Waals surface area contributed by atoms with Gasteiger partial charge in [0.1, 0.15) is 0 Å². The van der Waals surface area contributed by atoms with Gasteiger partial charge in [-0.25, -0.2) is 0 Å². The zero-order chi connectivity index (χ0) is 24.3. The minimum atomic E-state index is 0.262. The smallest absolute Gasteiger partial charge is 0.0358 e. The van der Waals surface area contributed by atoms with Crippen molar-refractivity contribution in [2.24, 2.45) is 5.92 Å². The Morgan fingerprint density at radius 2 is 1.38 bits per heavy atom. The number of fused-ring (bicyclic) bond motifs is 6. The summed E-state index contributed by atoms with van der Waals surface area (Å²) in [5.41, 5.74) is 8.28. The van der Waals surface area contributed by atoms with E-state index in [-0.39, 0.29) is 11.8 Å². The van der Waals surface area contributed by atoms with E-state index >= 15 is 0 Å². The highest BCUT2D eigenvalue weighted by Gasteiger charge is 2.36. The second-order valence-electron chi connectivity index (χ2n) is 10.0. The monoisotopic (exact) mass is 488 g/mol. The van der Waals surface area contributed by atoms with Crippen LogP contribution in [0.5, 0.6) is 0 Å². The quantitative estimate of drug-likeness (QED) is 0.227. The molecule has 0 N–H and O–H groups in total. The Hall–Kier alpha value is -4.20. The van der Waals surface area contributed by atoms with Gasteiger partial charge < -0.3 is 0 Å². The lowest BCUT2D eigenvalue weighted by atomic mass is 9.66. The molecule has 8 rings (SSSR count). The van der Waals surface area contributed by atoms with E-state index in [1.54, 1.807) is 0 Å². The van der Waals surface area contributed by atoms with Crippen LogP contribution < -0.4 is 0 Å². The molecule has 174 valence electrons. The minimum absolute atomic E-state index is 0.262. The average molecular weight is 489 g/mol. The Balaban J connectivity index is 1.42. The van der Waals surface area contributed by atoms with Gasteiger partial charge in [0, 0.05) is 32.0 Å². The molecule has 1 heterocycles. The average Bonchev–Trinajstić information content (AvgIpc) is 3.35. The molecule has 0 bridgehead atoms. The van der Waals surface area contributed by atoms with Crippen molar-refractivity contribution in [2.75, 3.05) is 0 Å². The van der Waals surface area contributed by atoms with Gasteiger partial charge in [0.05, 0.1) is 0 Å². The van der Waals surface area contributed by atoms with E-state index in [4.69, 9.17) is 0 Å². The first-order valence-corrected chi connectivity index (χ1v) is 13.8. The molecule has 0 nitrogen and oxygen atoms in total. The van der Waals surface area contributed by atoms with Crippen molar-refractivity contribution in [3.05, 3.63) is 161 Å². The first kappa shape index (κ1) is 20.9. The third-order valence-electron chi connectivity index (χ3n) is 8.09. The summed E-state index contributed by atoms with van der Waals surface area (Å²) in [5, 5.41) is 5.36. The van der Waals surface area contributed by atoms with Gasteiger partial charge in [-0.1, -0.05) is 115 Å². The topological polar surface area (TPSA) is 0 Å². The molecular weight excluding hydrogens is 464 g/mol. The molecule has 2 aliphatic rings. The molecule has 37 heavy (non-hydrogen) atoms. The third kappa shape index (κ3) is 3.14. The number of hydrogen-bond acceptors (Lipinski definition) is 1. The second kappa shape index (κ2) is 8.16. The van der Waals surface area contributed by atoms with Crippen LogP contribution in [0.15, 0.2) is 139 Å². The highest BCUT2D eigenvalue weighted by atomic mass is 32.1. The standard InChI is InChI=1S/C36H24S/c1-2-11-24-22-25(21-20-23(24)10-1)34-26-12-3-5-14-28(26)35(29-15-6-4-13-27(29)34)31-17-9-19-33-36(31)30-16-7-8-18-32(30)37-33/h1-22,28,35H. The predicted octanol–water partition coefficient (Wildman–Crippen LogP) is 9.90. The summed E-state index contributed by atoms with van der Waals surface area (Å²) in [6, 6.07) is 40.5. The molecular formula is C36H24S. The van der Waals surface area contributed by atoms with Crippen LogP contribution in [-0.2, 0) is 0 Å². The molecule has 5 aromatic carbocycles. The number of benzene rings is 5. The SMILES string of the molecule is C1=CC2=C(c3ccc4ccccc4c3)c3ccccc3C(c3cccc4sc5ccccc5c34)C2C=C1. The van der Waals surface area contributed by atoms with E-state index in [0.717, 1.165) is 0 Å². The summed E-state index contributed by atoms with van der Waals surface area (Å²) in [6.07, 6.45) is 9.21. The number of thiophene rings is 1. The van der Waals surface area contributed by atoms with Crippen molar-refractivity contribution in [3.8, 4) is 0 Å². The Bertz CT molecular complexity index is 1940. The van der Waals surface area contributed by atoms with E-state index in [0.29, 0.717) is 0 Å². The first-order chi connectivity index (χ1) is 18.4. The fourth-order valence-corrected chi connectivity index (χ4v) is 7.67. The van der Waals surface area contributed by atoms with Crippen LogP contribution in [-0.4, -0.2) is 0 Å². The summed E-state index contributed by atoms with van der Waals surface area (Å²) in [6.45, 7) is 0. The van der Waals surface area contributed by atoms with Crippen LogP contribution in [0.1, 0.15) is 28.2 Å². The lowest BCUT2D eigenvalue weighted by molar-refractivity contribution is 0.653. The van der Waals surface area contributed by atoms with E-state index in [9.17, 15) is 0 Å². The van der Waals surface area contributed by atoms with Crippen molar-refractivity contribution >= 4 is 47.9 Å². The van der Waals surface area contributed by atoms with Gasteiger partial charge in [-0.3, -0.25) is 0 Å². The van der Waals surface area contributed by atoms with E-state index < -0.39 is 0 Å². The first-order valence-electron chi connectivity index (χ1n) is 12.9. The Morgan fingerprint density at radius 1 is 0.595 bits per heavy atom. The third-order valence-corrected chi connectivity index (χ3v) is 9.22. The van der Waals surface area contributed by atoms with Gasteiger partial charge in [0.2, 0.25) is 0 Å². The summed E-state index contributed by atoms with van der Waals surface area (Å²) in [4.78, 5) is 0. The molecule has 0 saturated carbocycles. The molecule has 1 heteroatoms. The maximum Gasteiger partial charge on any atom is 0.0358 e. The van der Waals surface area contributed by atoms with Crippen molar-refractivity contribution < 1.29 is 0 Å². The number of allylic oxidation sites excluding steroid dienone is 5. The van der Waals surface area contributed by atoms with Crippen molar-refractivity contribution in [1.29, 1.82) is 0 Å². The van der Waals surface area contributed by atoms with Crippen LogP contribution in [0.3, 0.4) is 0 Å². The highest BCUT2D eigenvalue weighted by Crippen LogP contribution is 2.52. The highest BCUT2D eigenvalue weighted by molar-refractivity contribution is 7.25. The van der Waals surface area contributed by atoms with Crippen molar-refractivity contribution in [2.45, 2.75) is 5.92 Å². The van der Waals surface area contributed by atoms with Crippen LogP contribution in [0.25, 0.3) is 36.5 Å². The van der Waals surface area contributed by atoms with E-state index in [1.807, 2.05) is 11.3 Å². The van der Waals surface area contributed by atoms with Crippen LogP contribution in [0.2, 0.25) is 0 Å². The van der Waals surface area contributed by atoms with Crippen molar-refractivity contribution in [3.63, 3.8) is 0 Å². The molecule has 2 unspecified atom stereocenters. The molecule has 0 fully saturated rings. The molecule has 6 aromatic rings. The fourth-order valence-electron chi connectivity index (χ4n) is 6.53. The Kier molecular flexibility index (Phi) is 4.62. The van der Waals surface area contributed by atoms with E-state index in [2.05, 4.69) is 133 Å². The van der Waals surface area contributed by atoms with Crippen LogP contribution in [0, 0.1) is 5.92 Å². The fraction of sp³-hybridized carbons (Fsp3) is 0.0556. The minimum Gasteiger partial charge on any atom is -0.135 e. The molecule has 0 aliphatic heterocycles. The van der Waals surface area contributed by atoms with Gasteiger partial charge in [-0.2, -0.15) is 0 Å². The van der Waals surface area contributed by atoms with Crippen LogP contribution >= 0.6 is 11.3 Å². The maximum absolute atomic E-state index is 2.42. The molecule has 0 spiro atoms. The van der Waals surface area contributed by atoms with Crippen LogP contribution in [0.4, 0.5) is 0 Å². The zero-order valence-electron chi connectivity index (χ0n) is 20.3. The Labute approximate surface area is 220 Å². The normalized spacial score (nSPS) is 18.5. The van der Waals surface area contributed by atoms with Gasteiger partial charge in [-0.05, 0) is 62.4 Å². The summed E-state index contributed by atoms with van der Waals surface area (Å²) in [7, 11) is 0. The van der Waals surface area contributed by atoms with Gasteiger partial charge in [0.15, 0.2) is 0 Å². The van der Waals surface area contributed by atoms with Gasteiger partial charge in [-0.15, -0.1) is 11.3 Å². The molecule has 0 radical (unpaired) electrons. The molecule has 0 saturated heterocycles. The molecule has 2 aliphatic carbocycles. The molecule has 1 aromatic heterocycles. The summed E-state index contributed by atoms with van der Waals surface area (Å²) in [5.74, 6) is 0.545. The predicted molar refractivity (Wildman–Crippen MR) is 159 cm³/mol. The number of rotatable bonds is 2. The van der Waals surface area contributed by atoms with Gasteiger partial charge >= 0.3 is 0 Å². The largest absolute Gasteiger partial charge is 0.135 e. The molecule has 0 amide bonds. The second-order valence-corrected chi connectivity index (χ2v) is 11.1. The lowest BCUT2D eigenvalue weighted by Crippen LogP contribution is -2.23. The Morgan fingerprint density at radius 3 is 2.35 bits per heavy atom. The zero-order valence-corrected chi connectivity index (χ0v) is 21.1. The number of hydrogen-bond donors (Lipinski definition) is 0. The summed E-state index contributed by atoms with van der Waals surface area (Å²) >= 11 is 1.90.